The first-order chi connectivity index (χ1) is 24.1. The van der Waals surface area contributed by atoms with Gasteiger partial charge in [0.15, 0.2) is 5.58 Å². The highest BCUT2D eigenvalue weighted by molar-refractivity contribution is 7.20. The molecule has 0 bridgehead atoms. The van der Waals surface area contributed by atoms with Crippen molar-refractivity contribution in [3.8, 4) is 11.1 Å². The Bertz CT molecular complexity index is 2590. The number of thiophene rings is 1. The van der Waals surface area contributed by atoms with Gasteiger partial charge in [-0.05, 0) is 88.0 Å². The lowest BCUT2D eigenvalue weighted by Crippen LogP contribution is -2.35. The van der Waals surface area contributed by atoms with Crippen molar-refractivity contribution in [2.24, 2.45) is 0 Å². The minimum Gasteiger partial charge on any atom is -0.453 e. The number of furan rings is 1. The van der Waals surface area contributed by atoms with Crippen molar-refractivity contribution in [2.75, 3.05) is 4.90 Å². The van der Waals surface area contributed by atoms with E-state index in [0.29, 0.717) is 0 Å². The van der Waals surface area contributed by atoms with Gasteiger partial charge in [0.1, 0.15) is 5.58 Å². The van der Waals surface area contributed by atoms with Crippen LogP contribution in [0.1, 0.15) is 46.9 Å². The molecular formula is C46H37NOS. The average molecular weight is 652 g/mol. The SMILES string of the molecule is C=C/C=C\Cc1cccc2c1C(C)c1c-2c2oc3c(N(/C(C)=C/C=C)C4C=Cc5sc6ccccc6c5C4)cccc3c2c2ccccc12. The van der Waals surface area contributed by atoms with Gasteiger partial charge in [-0.2, -0.15) is 0 Å². The first-order valence-corrected chi connectivity index (χ1v) is 18.0. The van der Waals surface area contributed by atoms with Crippen molar-refractivity contribution in [3.63, 3.8) is 0 Å². The predicted molar refractivity (Wildman–Crippen MR) is 212 cm³/mol. The second kappa shape index (κ2) is 11.6. The molecular weight excluding hydrogens is 615 g/mol. The summed E-state index contributed by atoms with van der Waals surface area (Å²) in [6.45, 7) is 12.5. The molecule has 49 heavy (non-hydrogen) atoms. The zero-order valence-electron chi connectivity index (χ0n) is 27.9. The molecule has 2 nitrogen and oxygen atoms in total. The molecule has 2 unspecified atom stereocenters. The fourth-order valence-corrected chi connectivity index (χ4v) is 9.75. The van der Waals surface area contributed by atoms with E-state index in [9.17, 15) is 0 Å². The van der Waals surface area contributed by atoms with Crippen LogP contribution in [0.3, 0.4) is 0 Å². The number of rotatable bonds is 7. The predicted octanol–water partition coefficient (Wildman–Crippen LogP) is 12.9. The van der Waals surface area contributed by atoms with Gasteiger partial charge in [-0.3, -0.25) is 0 Å². The van der Waals surface area contributed by atoms with Crippen molar-refractivity contribution in [1.29, 1.82) is 0 Å². The Kier molecular flexibility index (Phi) is 7.07. The van der Waals surface area contributed by atoms with Gasteiger partial charge >= 0.3 is 0 Å². The van der Waals surface area contributed by atoms with Crippen LogP contribution >= 0.6 is 11.3 Å². The van der Waals surface area contributed by atoms with E-state index < -0.39 is 0 Å². The van der Waals surface area contributed by atoms with Gasteiger partial charge in [0.25, 0.3) is 0 Å². The molecule has 0 radical (unpaired) electrons. The molecule has 2 heterocycles. The molecule has 0 amide bonds. The Balaban J connectivity index is 1.29. The fourth-order valence-electron chi connectivity index (χ4n) is 8.60. The normalized spacial score (nSPS) is 16.9. The summed E-state index contributed by atoms with van der Waals surface area (Å²) in [5.41, 5.74) is 12.2. The Labute approximate surface area is 291 Å². The topological polar surface area (TPSA) is 16.4 Å². The number of hydrogen-bond acceptors (Lipinski definition) is 3. The standard InChI is InChI=1S/C46H37NOS/c1-5-7-8-16-30-17-13-21-35-41(30)29(4)42-33-19-9-10-20-34(33)43-36-22-14-23-38(45(36)48-46(43)44(35)42)47(28(3)15-6-2)31-25-26-40-37(27-31)32-18-11-12-24-39(32)49-40/h5-15,17-26,29,31H,1-2,16,27H2,3-4H3/b8-7-,28-15+. The highest BCUT2D eigenvalue weighted by Gasteiger charge is 2.34. The number of hydrogen-bond donors (Lipinski definition) is 0. The minimum absolute atomic E-state index is 0.120. The first-order valence-electron chi connectivity index (χ1n) is 17.2. The molecule has 2 aliphatic rings. The summed E-state index contributed by atoms with van der Waals surface area (Å²) in [4.78, 5) is 3.82. The van der Waals surface area contributed by atoms with Crippen LogP contribution in [0.4, 0.5) is 5.69 Å². The summed E-state index contributed by atoms with van der Waals surface area (Å²) in [5, 5.41) is 6.26. The van der Waals surface area contributed by atoms with Gasteiger partial charge in [-0.1, -0.05) is 123 Å². The quantitative estimate of drug-likeness (QED) is 0.159. The van der Waals surface area contributed by atoms with E-state index in [1.54, 1.807) is 0 Å². The Morgan fingerprint density at radius 3 is 2.47 bits per heavy atom. The van der Waals surface area contributed by atoms with Crippen molar-refractivity contribution < 1.29 is 4.42 Å². The van der Waals surface area contributed by atoms with Crippen LogP contribution in [0.5, 0.6) is 0 Å². The van der Waals surface area contributed by atoms with E-state index in [0.717, 1.165) is 40.8 Å². The molecule has 0 spiro atoms. The zero-order valence-corrected chi connectivity index (χ0v) is 28.7. The van der Waals surface area contributed by atoms with E-state index in [2.05, 4.69) is 141 Å². The van der Waals surface area contributed by atoms with E-state index in [1.807, 2.05) is 29.6 Å². The second-order valence-electron chi connectivity index (χ2n) is 13.2. The van der Waals surface area contributed by atoms with Gasteiger partial charge in [0, 0.05) is 37.5 Å². The molecule has 0 aliphatic heterocycles. The molecule has 0 fully saturated rings. The molecule has 7 aromatic rings. The third kappa shape index (κ3) is 4.46. The number of fused-ring (bicyclic) bond motifs is 13. The largest absolute Gasteiger partial charge is 0.453 e. The first kappa shape index (κ1) is 29.7. The third-order valence-corrected chi connectivity index (χ3v) is 11.7. The molecule has 2 aliphatic carbocycles. The monoisotopic (exact) mass is 651 g/mol. The highest BCUT2D eigenvalue weighted by Crippen LogP contribution is 2.55. The van der Waals surface area contributed by atoms with E-state index in [-0.39, 0.29) is 12.0 Å². The van der Waals surface area contributed by atoms with Crippen LogP contribution in [-0.2, 0) is 12.8 Å². The molecule has 2 atom stereocenters. The summed E-state index contributed by atoms with van der Waals surface area (Å²) in [6, 6.07) is 31.3. The Morgan fingerprint density at radius 2 is 1.63 bits per heavy atom. The molecule has 0 N–H and O–H groups in total. The van der Waals surface area contributed by atoms with Crippen molar-refractivity contribution >= 4 is 65.9 Å². The summed E-state index contributed by atoms with van der Waals surface area (Å²) in [6.07, 6.45) is 16.6. The molecule has 0 saturated heterocycles. The van der Waals surface area contributed by atoms with Gasteiger partial charge in [-0.15, -0.1) is 11.3 Å². The molecule has 0 saturated carbocycles. The minimum atomic E-state index is 0.120. The van der Waals surface area contributed by atoms with Crippen LogP contribution in [0, 0.1) is 0 Å². The van der Waals surface area contributed by atoms with Crippen molar-refractivity contribution in [1.82, 2.24) is 0 Å². The summed E-state index contributed by atoms with van der Waals surface area (Å²) < 4.78 is 8.60. The number of benzene rings is 5. The van der Waals surface area contributed by atoms with Gasteiger partial charge in [-0.25, -0.2) is 0 Å². The average Bonchev–Trinajstić information content (AvgIpc) is 3.79. The summed E-state index contributed by atoms with van der Waals surface area (Å²) in [7, 11) is 0. The lowest BCUT2D eigenvalue weighted by molar-refractivity contribution is 0.662. The van der Waals surface area contributed by atoms with Crippen LogP contribution in [0.15, 0.2) is 145 Å². The van der Waals surface area contributed by atoms with Crippen LogP contribution < -0.4 is 4.90 Å². The number of nitrogens with zero attached hydrogens (tertiary/aromatic N) is 1. The number of allylic oxidation sites excluding steroid dienone is 6. The third-order valence-electron chi connectivity index (χ3n) is 10.6. The maximum Gasteiger partial charge on any atom is 0.159 e. The zero-order chi connectivity index (χ0) is 33.2. The van der Waals surface area contributed by atoms with Gasteiger partial charge in [0.2, 0.25) is 0 Å². The Hall–Kier alpha value is -5.38. The van der Waals surface area contributed by atoms with E-state index >= 15 is 0 Å². The summed E-state index contributed by atoms with van der Waals surface area (Å²) in [5.74, 6) is 0.247. The Morgan fingerprint density at radius 1 is 0.857 bits per heavy atom. The second-order valence-corrected chi connectivity index (χ2v) is 14.3. The van der Waals surface area contributed by atoms with Gasteiger partial charge < -0.3 is 9.32 Å². The lowest BCUT2D eigenvalue weighted by Gasteiger charge is -2.34. The van der Waals surface area contributed by atoms with Crippen LogP contribution in [-0.4, -0.2) is 6.04 Å². The van der Waals surface area contributed by atoms with Crippen LogP contribution in [0.2, 0.25) is 0 Å². The lowest BCUT2D eigenvalue weighted by atomic mass is 9.90. The van der Waals surface area contributed by atoms with E-state index in [4.69, 9.17) is 4.42 Å². The van der Waals surface area contributed by atoms with Crippen LogP contribution in [0.25, 0.3) is 60.0 Å². The fraction of sp³-hybridized carbons (Fsp3) is 0.130. The highest BCUT2D eigenvalue weighted by atomic mass is 32.1. The molecule has 5 aromatic carbocycles. The smallest absolute Gasteiger partial charge is 0.159 e. The maximum atomic E-state index is 7.26. The molecule has 9 rings (SSSR count). The summed E-state index contributed by atoms with van der Waals surface area (Å²) >= 11 is 1.88. The number of para-hydroxylation sites is 1. The van der Waals surface area contributed by atoms with E-state index in [1.165, 1.54) is 64.5 Å². The molecule has 238 valence electrons. The molecule has 2 aromatic heterocycles. The van der Waals surface area contributed by atoms with Crippen molar-refractivity contribution in [3.05, 3.63) is 167 Å². The van der Waals surface area contributed by atoms with Crippen molar-refractivity contribution in [2.45, 2.75) is 38.6 Å². The number of anilines is 1. The van der Waals surface area contributed by atoms with Gasteiger partial charge in [0.05, 0.1) is 11.7 Å². The molecule has 3 heteroatoms. The maximum absolute atomic E-state index is 7.26.